The number of carbonyl (C=O) groups excluding carboxylic acids is 2. The Bertz CT molecular complexity index is 1460. The van der Waals surface area contributed by atoms with Crippen molar-refractivity contribution < 1.29 is 22.7 Å². The van der Waals surface area contributed by atoms with Gasteiger partial charge in [-0.15, -0.1) is 0 Å². The van der Waals surface area contributed by atoms with Crippen LogP contribution in [0, 0.1) is 0 Å². The highest BCUT2D eigenvalue weighted by Gasteiger charge is 2.35. The molecule has 3 aromatic carbocycles. The smallest absolute Gasteiger partial charge is 0.264 e. The number of hydrogen-bond acceptors (Lipinski definition) is 5. The molecule has 43 heavy (non-hydrogen) atoms. The van der Waals surface area contributed by atoms with Gasteiger partial charge < -0.3 is 15.0 Å². The van der Waals surface area contributed by atoms with E-state index in [9.17, 15) is 18.0 Å². The highest BCUT2D eigenvalue weighted by atomic mass is 35.5. The molecule has 1 N–H and O–H groups in total. The van der Waals surface area contributed by atoms with E-state index in [0.29, 0.717) is 23.8 Å². The highest BCUT2D eigenvalue weighted by Crippen LogP contribution is 2.33. The summed E-state index contributed by atoms with van der Waals surface area (Å²) >= 11 is 6.12. The Balaban J connectivity index is 1.73. The maximum absolute atomic E-state index is 14.3. The number of sulfonamides is 1. The van der Waals surface area contributed by atoms with E-state index in [1.54, 1.807) is 66.7 Å². The summed E-state index contributed by atoms with van der Waals surface area (Å²) in [5.74, 6) is -0.404. The summed E-state index contributed by atoms with van der Waals surface area (Å²) in [6.45, 7) is 3.56. The SMILES string of the molecule is CCOc1ccccc1N(CC(=O)N(Cc1ccc(Cl)cc1)[C@H](CC)C(=O)NC1CCCCC1)S(=O)(=O)c1ccccc1. The molecule has 0 bridgehead atoms. The van der Waals surface area contributed by atoms with Crippen LogP contribution in [0.4, 0.5) is 5.69 Å². The molecule has 0 unspecified atom stereocenters. The normalized spacial score (nSPS) is 14.5. The Kier molecular flexibility index (Phi) is 11.5. The Labute approximate surface area is 260 Å². The van der Waals surface area contributed by atoms with Crippen molar-refractivity contribution in [1.82, 2.24) is 10.2 Å². The van der Waals surface area contributed by atoms with E-state index in [4.69, 9.17) is 16.3 Å². The van der Waals surface area contributed by atoms with Gasteiger partial charge in [-0.1, -0.05) is 80.3 Å². The molecule has 0 radical (unpaired) electrons. The van der Waals surface area contributed by atoms with Gasteiger partial charge in [0.15, 0.2) is 0 Å². The predicted octanol–water partition coefficient (Wildman–Crippen LogP) is 6.19. The van der Waals surface area contributed by atoms with E-state index in [-0.39, 0.29) is 29.1 Å². The van der Waals surface area contributed by atoms with Crippen LogP contribution in [0.25, 0.3) is 0 Å². The predicted molar refractivity (Wildman–Crippen MR) is 170 cm³/mol. The third-order valence-electron chi connectivity index (χ3n) is 7.65. The monoisotopic (exact) mass is 625 g/mol. The highest BCUT2D eigenvalue weighted by molar-refractivity contribution is 7.92. The number of rotatable bonds is 13. The molecular weight excluding hydrogens is 586 g/mol. The minimum absolute atomic E-state index is 0.0421. The summed E-state index contributed by atoms with van der Waals surface area (Å²) in [7, 11) is -4.19. The second-order valence-corrected chi connectivity index (χ2v) is 12.9. The summed E-state index contributed by atoms with van der Waals surface area (Å²) in [6, 6.07) is 21.1. The molecular formula is C33H40ClN3O5S. The van der Waals surface area contributed by atoms with Crippen LogP contribution >= 0.6 is 11.6 Å². The average molecular weight is 626 g/mol. The minimum Gasteiger partial charge on any atom is -0.492 e. The van der Waals surface area contributed by atoms with E-state index in [0.717, 1.165) is 42.0 Å². The van der Waals surface area contributed by atoms with Crippen molar-refractivity contribution in [3.63, 3.8) is 0 Å². The van der Waals surface area contributed by atoms with Crippen LogP contribution in [-0.4, -0.2) is 50.4 Å². The van der Waals surface area contributed by atoms with Crippen LogP contribution in [0.2, 0.25) is 5.02 Å². The molecule has 8 nitrogen and oxygen atoms in total. The number of para-hydroxylation sites is 2. The summed E-state index contributed by atoms with van der Waals surface area (Å²) in [6.07, 6.45) is 5.44. The van der Waals surface area contributed by atoms with Gasteiger partial charge in [-0.05, 0) is 68.1 Å². The summed E-state index contributed by atoms with van der Waals surface area (Å²) in [4.78, 5) is 29.5. The second-order valence-electron chi connectivity index (χ2n) is 10.6. The number of halogens is 1. The lowest BCUT2D eigenvalue weighted by atomic mass is 9.95. The molecule has 1 aliphatic carbocycles. The first-order valence-electron chi connectivity index (χ1n) is 14.9. The largest absolute Gasteiger partial charge is 0.492 e. The molecule has 2 amide bonds. The average Bonchev–Trinajstić information content (AvgIpc) is 3.02. The molecule has 1 atom stereocenters. The molecule has 10 heteroatoms. The first kappa shape index (κ1) is 32.4. The Morgan fingerprint density at radius 3 is 2.23 bits per heavy atom. The first-order chi connectivity index (χ1) is 20.7. The number of ether oxygens (including phenoxy) is 1. The lowest BCUT2D eigenvalue weighted by molar-refractivity contribution is -0.140. The molecule has 0 saturated heterocycles. The van der Waals surface area contributed by atoms with Gasteiger partial charge >= 0.3 is 0 Å². The third kappa shape index (κ3) is 8.30. The van der Waals surface area contributed by atoms with Crippen LogP contribution in [0.15, 0.2) is 83.8 Å². The zero-order valence-corrected chi connectivity index (χ0v) is 26.3. The molecule has 3 aromatic rings. The van der Waals surface area contributed by atoms with Crippen LogP contribution < -0.4 is 14.4 Å². The quantitative estimate of drug-likeness (QED) is 0.244. The number of anilines is 1. The van der Waals surface area contributed by atoms with Gasteiger partial charge in [-0.25, -0.2) is 8.42 Å². The maximum Gasteiger partial charge on any atom is 0.264 e. The van der Waals surface area contributed by atoms with Crippen molar-refractivity contribution in [2.75, 3.05) is 17.5 Å². The third-order valence-corrected chi connectivity index (χ3v) is 9.67. The fourth-order valence-electron chi connectivity index (χ4n) is 5.42. The Morgan fingerprint density at radius 2 is 1.58 bits per heavy atom. The zero-order chi connectivity index (χ0) is 30.8. The van der Waals surface area contributed by atoms with Gasteiger partial charge in [0, 0.05) is 17.6 Å². The molecule has 0 aliphatic heterocycles. The molecule has 1 saturated carbocycles. The van der Waals surface area contributed by atoms with E-state index < -0.39 is 28.5 Å². The van der Waals surface area contributed by atoms with Gasteiger partial charge in [0.25, 0.3) is 10.0 Å². The van der Waals surface area contributed by atoms with Crippen LogP contribution in [0.3, 0.4) is 0 Å². The van der Waals surface area contributed by atoms with Crippen molar-refractivity contribution in [2.45, 2.75) is 75.9 Å². The van der Waals surface area contributed by atoms with Crippen LogP contribution in [-0.2, 0) is 26.2 Å². The molecule has 1 fully saturated rings. The van der Waals surface area contributed by atoms with Crippen LogP contribution in [0.1, 0.15) is 57.9 Å². The van der Waals surface area contributed by atoms with Gasteiger partial charge in [0.05, 0.1) is 17.2 Å². The van der Waals surface area contributed by atoms with E-state index >= 15 is 0 Å². The maximum atomic E-state index is 14.3. The molecule has 0 spiro atoms. The molecule has 0 heterocycles. The van der Waals surface area contributed by atoms with Crippen molar-refractivity contribution in [1.29, 1.82) is 0 Å². The van der Waals surface area contributed by atoms with Gasteiger partial charge in [-0.2, -0.15) is 0 Å². The van der Waals surface area contributed by atoms with E-state index in [1.807, 2.05) is 13.8 Å². The van der Waals surface area contributed by atoms with Gasteiger partial charge in [0.2, 0.25) is 11.8 Å². The van der Waals surface area contributed by atoms with E-state index in [1.165, 1.54) is 17.0 Å². The number of hydrogen-bond donors (Lipinski definition) is 1. The molecule has 4 rings (SSSR count). The molecule has 1 aliphatic rings. The number of amides is 2. The first-order valence-corrected chi connectivity index (χ1v) is 16.7. The lowest BCUT2D eigenvalue weighted by Gasteiger charge is -2.34. The molecule has 230 valence electrons. The Hall–Kier alpha value is -3.56. The van der Waals surface area contributed by atoms with Crippen molar-refractivity contribution in [2.24, 2.45) is 0 Å². The minimum atomic E-state index is -4.19. The van der Waals surface area contributed by atoms with Crippen molar-refractivity contribution in [3.05, 3.63) is 89.4 Å². The summed E-state index contributed by atoms with van der Waals surface area (Å²) in [5, 5.41) is 3.71. The Morgan fingerprint density at radius 1 is 0.930 bits per heavy atom. The van der Waals surface area contributed by atoms with Crippen molar-refractivity contribution >= 4 is 39.1 Å². The molecule has 0 aromatic heterocycles. The van der Waals surface area contributed by atoms with Crippen molar-refractivity contribution in [3.8, 4) is 5.75 Å². The fraction of sp³-hybridized carbons (Fsp3) is 0.394. The zero-order valence-electron chi connectivity index (χ0n) is 24.7. The summed E-state index contributed by atoms with van der Waals surface area (Å²) in [5.41, 5.74) is 1.02. The topological polar surface area (TPSA) is 96.0 Å². The van der Waals surface area contributed by atoms with Gasteiger partial charge in [0.1, 0.15) is 18.3 Å². The number of carbonyl (C=O) groups is 2. The summed E-state index contributed by atoms with van der Waals surface area (Å²) < 4.78 is 35.0. The lowest BCUT2D eigenvalue weighted by Crippen LogP contribution is -2.54. The fourth-order valence-corrected chi connectivity index (χ4v) is 7.00. The number of benzene rings is 3. The van der Waals surface area contributed by atoms with Crippen LogP contribution in [0.5, 0.6) is 5.75 Å². The number of nitrogens with one attached hydrogen (secondary N) is 1. The number of nitrogens with zero attached hydrogens (tertiary/aromatic N) is 2. The van der Waals surface area contributed by atoms with Gasteiger partial charge in [-0.3, -0.25) is 13.9 Å². The standard InChI is InChI=1S/C33H40ClN3O5S/c1-3-29(33(39)35-27-13-7-5-8-14-27)36(23-25-19-21-26(34)22-20-25)32(38)24-37(30-17-11-12-18-31(30)42-4-2)43(40,41)28-15-9-6-10-16-28/h6,9-12,15-22,27,29H,3-5,7-8,13-14,23-24H2,1-2H3,(H,35,39)/t29-/m1/s1. The van der Waals surface area contributed by atoms with E-state index in [2.05, 4.69) is 5.32 Å². The second kappa shape index (κ2) is 15.3.